The van der Waals surface area contributed by atoms with E-state index in [1.807, 2.05) is 12.2 Å². The Morgan fingerprint density at radius 1 is 1.22 bits per heavy atom. The topological polar surface area (TPSA) is 154 Å². The normalized spacial score (nSPS) is 30.7. The van der Waals surface area contributed by atoms with E-state index in [0.717, 1.165) is 19.3 Å². The number of aliphatic hydroxyl groups excluding tert-OH is 1. The zero-order valence-corrected chi connectivity index (χ0v) is 22.2. The number of hydrogen-bond donors (Lipinski definition) is 4. The van der Waals surface area contributed by atoms with Crippen LogP contribution in [0.5, 0.6) is 0 Å². The molecule has 2 aliphatic heterocycles. The molecule has 2 heterocycles. The van der Waals surface area contributed by atoms with Crippen LogP contribution >= 0.6 is 0 Å². The van der Waals surface area contributed by atoms with Crippen LogP contribution in [-0.2, 0) is 23.9 Å². The van der Waals surface area contributed by atoms with Crippen LogP contribution in [0, 0.1) is 5.92 Å². The molecule has 3 rings (SSSR count). The Hall–Kier alpha value is -2.95. The Bertz CT molecular complexity index is 944. The summed E-state index contributed by atoms with van der Waals surface area (Å²) in [6.45, 7) is 6.73. The zero-order valence-electron chi connectivity index (χ0n) is 22.2. The Morgan fingerprint density at radius 3 is 2.62 bits per heavy atom. The maximum atomic E-state index is 13.6. The molecule has 0 aromatic heterocycles. The molecule has 3 aliphatic rings. The van der Waals surface area contributed by atoms with Crippen molar-refractivity contribution >= 4 is 29.7 Å². The highest BCUT2D eigenvalue weighted by atomic mass is 16.6. The number of hydrogen-bond acceptors (Lipinski definition) is 7. The molecule has 0 radical (unpaired) electrons. The lowest BCUT2D eigenvalue weighted by Crippen LogP contribution is -2.58. The number of imide groups is 1. The van der Waals surface area contributed by atoms with Crippen LogP contribution < -0.4 is 16.0 Å². The molecule has 11 heteroatoms. The highest BCUT2D eigenvalue weighted by Crippen LogP contribution is 2.45. The largest absolute Gasteiger partial charge is 0.444 e. The molecule has 2 fully saturated rings. The highest BCUT2D eigenvalue weighted by Gasteiger charge is 2.61. The molecular weight excluding hydrogens is 480 g/mol. The van der Waals surface area contributed by atoms with Gasteiger partial charge < -0.3 is 25.4 Å². The number of carbonyl (C=O) groups excluding carboxylic acids is 5. The minimum Gasteiger partial charge on any atom is -0.444 e. The molecule has 206 valence electrons. The number of allylic oxidation sites excluding steroid dienone is 1. The lowest BCUT2D eigenvalue weighted by atomic mass is 10.0. The first-order chi connectivity index (χ1) is 17.4. The van der Waals surface area contributed by atoms with Gasteiger partial charge in [0.1, 0.15) is 23.2 Å². The number of fused-ring (bicyclic) bond motifs is 2. The fourth-order valence-electron chi connectivity index (χ4n) is 4.87. The van der Waals surface area contributed by atoms with E-state index < -0.39 is 59.0 Å². The van der Waals surface area contributed by atoms with Crippen molar-refractivity contribution in [3.05, 3.63) is 12.2 Å². The molecule has 1 saturated carbocycles. The Morgan fingerprint density at radius 2 is 1.95 bits per heavy atom. The molecule has 5 amide bonds. The Balaban J connectivity index is 1.85. The van der Waals surface area contributed by atoms with E-state index in [2.05, 4.69) is 16.0 Å². The minimum absolute atomic E-state index is 0.00280. The third-order valence-electron chi connectivity index (χ3n) is 6.93. The van der Waals surface area contributed by atoms with E-state index in [1.54, 1.807) is 27.7 Å². The van der Waals surface area contributed by atoms with Gasteiger partial charge in [0.05, 0.1) is 6.10 Å². The molecule has 4 N–H and O–H groups in total. The van der Waals surface area contributed by atoms with Gasteiger partial charge >= 0.3 is 6.09 Å². The monoisotopic (exact) mass is 520 g/mol. The number of ether oxygens (including phenoxy) is 1. The van der Waals surface area contributed by atoms with Gasteiger partial charge in [-0.2, -0.15) is 0 Å². The van der Waals surface area contributed by atoms with Crippen LogP contribution in [0.2, 0.25) is 0 Å². The van der Waals surface area contributed by atoms with Gasteiger partial charge in [-0.15, -0.1) is 0 Å². The molecule has 0 spiro atoms. The molecular formula is C26H40N4O7. The van der Waals surface area contributed by atoms with Crippen molar-refractivity contribution in [3.63, 3.8) is 0 Å². The second-order valence-corrected chi connectivity index (χ2v) is 11.2. The molecule has 0 bridgehead atoms. The van der Waals surface area contributed by atoms with Gasteiger partial charge in [0.2, 0.25) is 17.7 Å². The molecule has 11 nitrogen and oxygen atoms in total. The second-order valence-electron chi connectivity index (χ2n) is 11.2. The number of rotatable bonds is 3. The van der Waals surface area contributed by atoms with Crippen molar-refractivity contribution in [1.29, 1.82) is 0 Å². The average Bonchev–Trinajstić information content (AvgIpc) is 3.35. The minimum atomic E-state index is -1.28. The van der Waals surface area contributed by atoms with Crippen molar-refractivity contribution in [3.8, 4) is 0 Å². The van der Waals surface area contributed by atoms with Gasteiger partial charge in [-0.3, -0.25) is 24.5 Å². The maximum Gasteiger partial charge on any atom is 0.408 e. The summed E-state index contributed by atoms with van der Waals surface area (Å²) in [7, 11) is 0. The van der Waals surface area contributed by atoms with Gasteiger partial charge in [-0.05, 0) is 46.5 Å². The summed E-state index contributed by atoms with van der Waals surface area (Å²) >= 11 is 0. The number of carbonyl (C=O) groups is 5. The summed E-state index contributed by atoms with van der Waals surface area (Å²) < 4.78 is 5.34. The van der Waals surface area contributed by atoms with Crippen molar-refractivity contribution in [2.24, 2.45) is 5.92 Å². The molecule has 5 atom stereocenters. The van der Waals surface area contributed by atoms with E-state index in [9.17, 15) is 29.1 Å². The SMILES string of the molecule is CCC(=O)NC(=O)C12CC1C=CCCCCCC(NC(=O)OC(C)(C)C)C(=O)N1CC(O)CC1C(=O)N2. The summed E-state index contributed by atoms with van der Waals surface area (Å²) in [4.78, 5) is 65.7. The van der Waals surface area contributed by atoms with E-state index in [1.165, 1.54) is 4.90 Å². The van der Waals surface area contributed by atoms with Gasteiger partial charge in [0.25, 0.3) is 5.91 Å². The number of nitrogens with one attached hydrogen (secondary N) is 3. The van der Waals surface area contributed by atoms with Crippen LogP contribution in [0.4, 0.5) is 4.79 Å². The van der Waals surface area contributed by atoms with Crippen LogP contribution in [-0.4, -0.2) is 75.6 Å². The van der Waals surface area contributed by atoms with Crippen molar-refractivity contribution in [1.82, 2.24) is 20.9 Å². The first-order valence-electron chi connectivity index (χ1n) is 13.2. The highest BCUT2D eigenvalue weighted by molar-refractivity contribution is 6.05. The number of nitrogens with zero attached hydrogens (tertiary/aromatic N) is 1. The van der Waals surface area contributed by atoms with Crippen molar-refractivity contribution in [2.75, 3.05) is 6.54 Å². The summed E-state index contributed by atoms with van der Waals surface area (Å²) in [5, 5.41) is 18.2. The number of aliphatic hydroxyl groups is 1. The first-order valence-corrected chi connectivity index (χ1v) is 13.2. The molecule has 1 aliphatic carbocycles. The quantitative estimate of drug-likeness (QED) is 0.409. The Kier molecular flexibility index (Phi) is 8.99. The standard InChI is InChI=1S/C26H40N4O7/c1-5-20(32)28-23(35)26-14-16(26)11-9-7-6-8-10-12-18(27-24(36)37-25(2,3)4)22(34)30-15-17(31)13-19(30)21(33)29-26/h9,11,16-19,31H,5-8,10,12-15H2,1-4H3,(H,27,36)(H,29,33)(H,28,32,35). The van der Waals surface area contributed by atoms with Crippen LogP contribution in [0.3, 0.4) is 0 Å². The van der Waals surface area contributed by atoms with E-state index in [0.29, 0.717) is 19.3 Å². The smallest absolute Gasteiger partial charge is 0.408 e. The van der Waals surface area contributed by atoms with Crippen molar-refractivity contribution in [2.45, 2.75) is 108 Å². The zero-order chi connectivity index (χ0) is 27.4. The van der Waals surface area contributed by atoms with Crippen LogP contribution in [0.15, 0.2) is 12.2 Å². The summed E-state index contributed by atoms with van der Waals surface area (Å²) in [6.07, 6.45) is 6.12. The van der Waals surface area contributed by atoms with Gasteiger partial charge in [-0.25, -0.2) is 4.79 Å². The fourth-order valence-corrected chi connectivity index (χ4v) is 4.87. The van der Waals surface area contributed by atoms with E-state index in [4.69, 9.17) is 4.74 Å². The summed E-state index contributed by atoms with van der Waals surface area (Å²) in [6, 6.07) is -1.95. The lowest BCUT2D eigenvalue weighted by molar-refractivity contribution is -0.141. The maximum absolute atomic E-state index is 13.6. The van der Waals surface area contributed by atoms with E-state index >= 15 is 0 Å². The fraction of sp³-hybridized carbons (Fsp3) is 0.731. The van der Waals surface area contributed by atoms with Crippen LogP contribution in [0.25, 0.3) is 0 Å². The summed E-state index contributed by atoms with van der Waals surface area (Å²) in [5.41, 5.74) is -2.03. The lowest BCUT2D eigenvalue weighted by Gasteiger charge is -2.30. The van der Waals surface area contributed by atoms with Crippen molar-refractivity contribution < 1.29 is 33.8 Å². The Labute approximate surface area is 217 Å². The summed E-state index contributed by atoms with van der Waals surface area (Å²) in [5.74, 6) is -2.35. The first kappa shape index (κ1) is 28.6. The third-order valence-corrected chi connectivity index (χ3v) is 6.93. The van der Waals surface area contributed by atoms with E-state index in [-0.39, 0.29) is 25.3 Å². The number of amides is 5. The number of alkyl carbamates (subject to hydrolysis) is 1. The molecule has 37 heavy (non-hydrogen) atoms. The molecule has 0 aromatic rings. The predicted octanol–water partition coefficient (Wildman–Crippen LogP) is 1.29. The molecule has 5 unspecified atom stereocenters. The third kappa shape index (κ3) is 7.30. The van der Waals surface area contributed by atoms with Gasteiger partial charge in [-0.1, -0.05) is 31.9 Å². The van der Waals surface area contributed by atoms with Gasteiger partial charge in [0.15, 0.2) is 0 Å². The average molecular weight is 521 g/mol. The van der Waals surface area contributed by atoms with Crippen LogP contribution in [0.1, 0.15) is 79.1 Å². The molecule has 0 aromatic carbocycles. The van der Waals surface area contributed by atoms with Gasteiger partial charge in [0, 0.05) is 25.3 Å². The predicted molar refractivity (Wildman–Crippen MR) is 134 cm³/mol. The second kappa shape index (κ2) is 11.6. The molecule has 1 saturated heterocycles.